The number of amides is 2. The van der Waals surface area contributed by atoms with Gasteiger partial charge in [-0.05, 0) is 37.3 Å². The predicted octanol–water partition coefficient (Wildman–Crippen LogP) is 1.38. The zero-order chi connectivity index (χ0) is 17.1. The quantitative estimate of drug-likeness (QED) is 0.731. The summed E-state index contributed by atoms with van der Waals surface area (Å²) in [6, 6.07) is 6.53. The minimum Gasteiger partial charge on any atom is -0.398 e. The molecule has 0 radical (unpaired) electrons. The lowest BCUT2D eigenvalue weighted by molar-refractivity contribution is -0.120. The SMILES string of the molecule is CC(C(N)=O)n1cccc(NC(=O)c2ccc(N)c(Cl)c2)c1=O. The zero-order valence-corrected chi connectivity index (χ0v) is 13.0. The van der Waals surface area contributed by atoms with Crippen molar-refractivity contribution in [2.75, 3.05) is 11.1 Å². The van der Waals surface area contributed by atoms with Crippen LogP contribution in [0.1, 0.15) is 23.3 Å². The lowest BCUT2D eigenvalue weighted by atomic mass is 10.2. The Bertz CT molecular complexity index is 832. The number of carbonyl (C=O) groups is 2. The third kappa shape index (κ3) is 3.51. The molecule has 2 rings (SSSR count). The average Bonchev–Trinajstić information content (AvgIpc) is 2.51. The van der Waals surface area contributed by atoms with Crippen LogP contribution in [0.3, 0.4) is 0 Å². The summed E-state index contributed by atoms with van der Waals surface area (Å²) in [7, 11) is 0. The van der Waals surface area contributed by atoms with E-state index in [1.54, 1.807) is 0 Å². The second-order valence-corrected chi connectivity index (χ2v) is 5.31. The topological polar surface area (TPSA) is 120 Å². The van der Waals surface area contributed by atoms with Crippen molar-refractivity contribution in [2.45, 2.75) is 13.0 Å². The van der Waals surface area contributed by atoms with Crippen LogP contribution in [0.15, 0.2) is 41.3 Å². The van der Waals surface area contributed by atoms with Crippen LogP contribution in [0.4, 0.5) is 11.4 Å². The van der Waals surface area contributed by atoms with Gasteiger partial charge in [-0.3, -0.25) is 14.4 Å². The van der Waals surface area contributed by atoms with Crippen molar-refractivity contribution in [2.24, 2.45) is 5.73 Å². The Hall–Kier alpha value is -2.80. The van der Waals surface area contributed by atoms with Crippen LogP contribution in [0.2, 0.25) is 5.02 Å². The maximum atomic E-state index is 12.3. The molecule has 0 aliphatic heterocycles. The summed E-state index contributed by atoms with van der Waals surface area (Å²) in [6.45, 7) is 1.50. The summed E-state index contributed by atoms with van der Waals surface area (Å²) in [6.07, 6.45) is 1.42. The van der Waals surface area contributed by atoms with Crippen molar-refractivity contribution in [3.8, 4) is 0 Å². The molecule has 8 heteroatoms. The number of aromatic nitrogens is 1. The summed E-state index contributed by atoms with van der Waals surface area (Å²) in [5.41, 5.74) is 10.9. The van der Waals surface area contributed by atoms with Gasteiger partial charge in [-0.1, -0.05) is 11.6 Å². The average molecular weight is 335 g/mol. The van der Waals surface area contributed by atoms with Crippen LogP contribution in [-0.2, 0) is 4.79 Å². The van der Waals surface area contributed by atoms with Gasteiger partial charge in [0.05, 0.1) is 10.7 Å². The van der Waals surface area contributed by atoms with Gasteiger partial charge in [0.15, 0.2) is 0 Å². The Morgan fingerprint density at radius 1 is 1.30 bits per heavy atom. The fraction of sp³-hybridized carbons (Fsp3) is 0.133. The van der Waals surface area contributed by atoms with E-state index in [9.17, 15) is 14.4 Å². The number of nitrogens with two attached hydrogens (primary N) is 2. The number of primary amides is 1. The number of rotatable bonds is 4. The first-order valence-electron chi connectivity index (χ1n) is 6.68. The first kappa shape index (κ1) is 16.6. The fourth-order valence-corrected chi connectivity index (χ4v) is 2.09. The van der Waals surface area contributed by atoms with E-state index >= 15 is 0 Å². The minimum absolute atomic E-state index is 0.0264. The van der Waals surface area contributed by atoms with Gasteiger partial charge in [-0.15, -0.1) is 0 Å². The third-order valence-electron chi connectivity index (χ3n) is 3.31. The summed E-state index contributed by atoms with van der Waals surface area (Å²) in [4.78, 5) is 35.7. The van der Waals surface area contributed by atoms with Crippen LogP contribution in [0.25, 0.3) is 0 Å². The van der Waals surface area contributed by atoms with Crippen LogP contribution in [0, 0.1) is 0 Å². The van der Waals surface area contributed by atoms with Gasteiger partial charge in [0.1, 0.15) is 11.7 Å². The Labute approximate surface area is 136 Å². The molecule has 1 atom stereocenters. The molecule has 1 aromatic heterocycles. The molecule has 0 aliphatic carbocycles. The molecule has 2 aromatic rings. The Balaban J connectivity index is 2.31. The highest BCUT2D eigenvalue weighted by atomic mass is 35.5. The normalized spacial score (nSPS) is 11.7. The molecule has 0 bridgehead atoms. The van der Waals surface area contributed by atoms with E-state index in [1.807, 2.05) is 0 Å². The monoisotopic (exact) mass is 334 g/mol. The standard InChI is InChI=1S/C15H15ClN4O3/c1-8(13(18)21)20-6-2-3-12(15(20)23)19-14(22)9-4-5-11(17)10(16)7-9/h2-8H,17H2,1H3,(H2,18,21)(H,19,22). The number of hydrogen-bond donors (Lipinski definition) is 3. The number of hydrogen-bond acceptors (Lipinski definition) is 4. The maximum absolute atomic E-state index is 12.3. The molecule has 7 nitrogen and oxygen atoms in total. The minimum atomic E-state index is -0.828. The van der Waals surface area contributed by atoms with Gasteiger partial charge in [0.25, 0.3) is 11.5 Å². The number of nitrogens with zero attached hydrogens (tertiary/aromatic N) is 1. The van der Waals surface area contributed by atoms with Gasteiger partial charge in [-0.25, -0.2) is 0 Å². The van der Waals surface area contributed by atoms with Gasteiger partial charge in [0.2, 0.25) is 5.91 Å². The summed E-state index contributed by atoms with van der Waals surface area (Å²) >= 11 is 5.87. The van der Waals surface area contributed by atoms with Crippen LogP contribution >= 0.6 is 11.6 Å². The van der Waals surface area contributed by atoms with Crippen LogP contribution in [-0.4, -0.2) is 16.4 Å². The van der Waals surface area contributed by atoms with Crippen molar-refractivity contribution in [1.29, 1.82) is 0 Å². The summed E-state index contributed by atoms with van der Waals surface area (Å²) in [5.74, 6) is -1.17. The van der Waals surface area contributed by atoms with Crippen molar-refractivity contribution in [3.05, 3.63) is 57.5 Å². The van der Waals surface area contributed by atoms with Crippen molar-refractivity contribution >= 4 is 34.8 Å². The highest BCUT2D eigenvalue weighted by molar-refractivity contribution is 6.33. The van der Waals surface area contributed by atoms with E-state index in [4.69, 9.17) is 23.1 Å². The van der Waals surface area contributed by atoms with Gasteiger partial charge >= 0.3 is 0 Å². The third-order valence-corrected chi connectivity index (χ3v) is 3.64. The molecular weight excluding hydrogens is 320 g/mol. The van der Waals surface area contributed by atoms with Gasteiger partial charge in [0, 0.05) is 11.8 Å². The van der Waals surface area contributed by atoms with Crippen molar-refractivity contribution in [3.63, 3.8) is 0 Å². The maximum Gasteiger partial charge on any atom is 0.275 e. The first-order chi connectivity index (χ1) is 10.8. The zero-order valence-electron chi connectivity index (χ0n) is 12.2. The van der Waals surface area contributed by atoms with Crippen LogP contribution in [0.5, 0.6) is 0 Å². The fourth-order valence-electron chi connectivity index (χ4n) is 1.91. The Kier molecular flexibility index (Phi) is 4.71. The molecule has 120 valence electrons. The second-order valence-electron chi connectivity index (χ2n) is 4.90. The summed E-state index contributed by atoms with van der Waals surface area (Å²) < 4.78 is 1.15. The molecule has 0 spiro atoms. The molecule has 0 fully saturated rings. The smallest absolute Gasteiger partial charge is 0.275 e. The van der Waals surface area contributed by atoms with E-state index in [1.165, 1.54) is 43.5 Å². The molecule has 1 heterocycles. The molecule has 2 amide bonds. The molecular formula is C15H15ClN4O3. The van der Waals surface area contributed by atoms with E-state index in [0.717, 1.165) is 4.57 Å². The number of pyridine rings is 1. The number of nitrogen functional groups attached to an aromatic ring is 1. The molecule has 0 aliphatic rings. The molecule has 1 unspecified atom stereocenters. The number of halogens is 1. The van der Waals surface area contributed by atoms with Gasteiger partial charge < -0.3 is 21.4 Å². The Morgan fingerprint density at radius 2 is 2.00 bits per heavy atom. The van der Waals surface area contributed by atoms with E-state index < -0.39 is 23.4 Å². The number of nitrogens with one attached hydrogen (secondary N) is 1. The van der Waals surface area contributed by atoms with Gasteiger partial charge in [-0.2, -0.15) is 0 Å². The van der Waals surface area contributed by atoms with Crippen LogP contribution < -0.4 is 22.3 Å². The molecule has 0 saturated heterocycles. The number of carbonyl (C=O) groups excluding carboxylic acids is 2. The van der Waals surface area contributed by atoms with Crippen molar-refractivity contribution in [1.82, 2.24) is 4.57 Å². The molecule has 0 saturated carbocycles. The molecule has 1 aromatic carbocycles. The predicted molar refractivity (Wildman–Crippen MR) is 88.4 cm³/mol. The lowest BCUT2D eigenvalue weighted by Crippen LogP contribution is -2.33. The first-order valence-corrected chi connectivity index (χ1v) is 7.06. The highest BCUT2D eigenvalue weighted by Gasteiger charge is 2.16. The summed E-state index contributed by atoms with van der Waals surface area (Å²) in [5, 5.41) is 2.72. The van der Waals surface area contributed by atoms with E-state index in [-0.39, 0.29) is 16.3 Å². The molecule has 5 N–H and O–H groups in total. The lowest BCUT2D eigenvalue weighted by Gasteiger charge is -2.13. The second kappa shape index (κ2) is 6.53. The van der Waals surface area contributed by atoms with E-state index in [2.05, 4.69) is 5.32 Å². The van der Waals surface area contributed by atoms with Crippen molar-refractivity contribution < 1.29 is 9.59 Å². The molecule has 23 heavy (non-hydrogen) atoms. The van der Waals surface area contributed by atoms with E-state index in [0.29, 0.717) is 5.69 Å². The number of anilines is 2. The largest absolute Gasteiger partial charge is 0.398 e. The highest BCUT2D eigenvalue weighted by Crippen LogP contribution is 2.20. The Morgan fingerprint density at radius 3 is 2.61 bits per heavy atom. The number of benzene rings is 1.